The third-order valence-corrected chi connectivity index (χ3v) is 4.29. The fourth-order valence-corrected chi connectivity index (χ4v) is 3.01. The van der Waals surface area contributed by atoms with E-state index in [2.05, 4.69) is 36.4 Å². The summed E-state index contributed by atoms with van der Waals surface area (Å²) in [7, 11) is 0. The molecule has 1 aliphatic carbocycles. The molecule has 104 valence electrons. The van der Waals surface area contributed by atoms with Crippen LogP contribution in [0.25, 0.3) is 0 Å². The lowest BCUT2D eigenvalue weighted by Crippen LogP contribution is -2.26. The van der Waals surface area contributed by atoms with Gasteiger partial charge in [-0.1, -0.05) is 48.5 Å². The van der Waals surface area contributed by atoms with Crippen LogP contribution in [0.3, 0.4) is 0 Å². The van der Waals surface area contributed by atoms with Crippen LogP contribution < -0.4 is 10.5 Å². The zero-order valence-electron chi connectivity index (χ0n) is 11.9. The van der Waals surface area contributed by atoms with Crippen LogP contribution in [-0.4, -0.2) is 6.61 Å². The quantitative estimate of drug-likeness (QED) is 0.894. The van der Waals surface area contributed by atoms with Crippen molar-refractivity contribution in [2.45, 2.75) is 31.2 Å². The van der Waals surface area contributed by atoms with E-state index in [1.165, 1.54) is 5.56 Å². The SMILES string of the molecule is CCOc1ccccc1C(N)C1(c2ccccc2)CC1. The van der Waals surface area contributed by atoms with E-state index in [-0.39, 0.29) is 11.5 Å². The molecule has 1 fully saturated rings. The Morgan fingerprint density at radius 2 is 1.70 bits per heavy atom. The molecule has 0 bridgehead atoms. The van der Waals surface area contributed by atoms with Crippen LogP contribution in [0.4, 0.5) is 0 Å². The van der Waals surface area contributed by atoms with Crippen molar-refractivity contribution in [2.24, 2.45) is 5.73 Å². The van der Waals surface area contributed by atoms with Crippen molar-refractivity contribution < 1.29 is 4.74 Å². The minimum Gasteiger partial charge on any atom is -0.494 e. The summed E-state index contributed by atoms with van der Waals surface area (Å²) in [5.74, 6) is 0.921. The smallest absolute Gasteiger partial charge is 0.124 e. The standard InChI is InChI=1S/C18H21NO/c1-2-20-16-11-7-6-10-15(16)17(19)18(12-13-18)14-8-4-3-5-9-14/h3-11,17H,2,12-13,19H2,1H3. The predicted molar refractivity (Wildman–Crippen MR) is 81.9 cm³/mol. The Balaban J connectivity index is 1.95. The summed E-state index contributed by atoms with van der Waals surface area (Å²) >= 11 is 0. The number of para-hydroxylation sites is 1. The van der Waals surface area contributed by atoms with Gasteiger partial charge in [0.25, 0.3) is 0 Å². The molecule has 0 saturated heterocycles. The van der Waals surface area contributed by atoms with E-state index < -0.39 is 0 Å². The minimum atomic E-state index is -0.00681. The molecule has 2 nitrogen and oxygen atoms in total. The first-order valence-corrected chi connectivity index (χ1v) is 7.31. The second-order valence-electron chi connectivity index (χ2n) is 5.47. The molecule has 2 N–H and O–H groups in total. The number of hydrogen-bond acceptors (Lipinski definition) is 2. The zero-order chi connectivity index (χ0) is 14.0. The Hall–Kier alpha value is -1.80. The van der Waals surface area contributed by atoms with Gasteiger partial charge < -0.3 is 10.5 Å². The average molecular weight is 267 g/mol. The van der Waals surface area contributed by atoms with Crippen molar-refractivity contribution in [1.29, 1.82) is 0 Å². The molecule has 2 aromatic carbocycles. The number of rotatable bonds is 5. The van der Waals surface area contributed by atoms with Gasteiger partial charge in [-0.3, -0.25) is 0 Å². The molecule has 0 aromatic heterocycles. The first kappa shape index (κ1) is 13.2. The summed E-state index contributed by atoms with van der Waals surface area (Å²) in [5.41, 5.74) is 9.18. The van der Waals surface area contributed by atoms with Gasteiger partial charge in [0, 0.05) is 17.0 Å². The van der Waals surface area contributed by atoms with E-state index in [1.807, 2.05) is 25.1 Å². The first-order valence-electron chi connectivity index (χ1n) is 7.31. The van der Waals surface area contributed by atoms with Crippen LogP contribution in [0.15, 0.2) is 54.6 Å². The number of hydrogen-bond donors (Lipinski definition) is 1. The second kappa shape index (κ2) is 5.29. The summed E-state index contributed by atoms with van der Waals surface area (Å²) in [5, 5.41) is 0. The van der Waals surface area contributed by atoms with E-state index in [1.54, 1.807) is 0 Å². The summed E-state index contributed by atoms with van der Waals surface area (Å²) in [6.07, 6.45) is 2.30. The molecule has 0 radical (unpaired) electrons. The topological polar surface area (TPSA) is 35.2 Å². The molecule has 2 heteroatoms. The zero-order valence-corrected chi connectivity index (χ0v) is 11.9. The molecule has 0 spiro atoms. The van der Waals surface area contributed by atoms with E-state index in [0.29, 0.717) is 6.61 Å². The molecular formula is C18H21NO. The monoisotopic (exact) mass is 267 g/mol. The lowest BCUT2D eigenvalue weighted by molar-refractivity contribution is 0.331. The molecule has 1 aliphatic rings. The van der Waals surface area contributed by atoms with Crippen molar-refractivity contribution in [3.05, 3.63) is 65.7 Å². The molecule has 1 unspecified atom stereocenters. The summed E-state index contributed by atoms with van der Waals surface area (Å²) < 4.78 is 5.74. The first-order chi connectivity index (χ1) is 9.78. The van der Waals surface area contributed by atoms with Crippen molar-refractivity contribution in [1.82, 2.24) is 0 Å². The van der Waals surface area contributed by atoms with Gasteiger partial charge in [-0.15, -0.1) is 0 Å². The average Bonchev–Trinajstić information content (AvgIpc) is 3.30. The predicted octanol–water partition coefficient (Wildman–Crippen LogP) is 3.82. The molecule has 1 saturated carbocycles. The van der Waals surface area contributed by atoms with Gasteiger partial charge in [0.15, 0.2) is 0 Å². The summed E-state index contributed by atoms with van der Waals surface area (Å²) in [6.45, 7) is 2.68. The Bertz CT molecular complexity index is 575. The van der Waals surface area contributed by atoms with Crippen LogP contribution in [0.5, 0.6) is 5.75 Å². The molecule has 1 atom stereocenters. The van der Waals surface area contributed by atoms with Crippen molar-refractivity contribution >= 4 is 0 Å². The fourth-order valence-electron chi connectivity index (χ4n) is 3.01. The Labute approximate surface area is 120 Å². The van der Waals surface area contributed by atoms with Crippen LogP contribution >= 0.6 is 0 Å². The summed E-state index contributed by atoms with van der Waals surface area (Å²) in [4.78, 5) is 0. The van der Waals surface area contributed by atoms with Gasteiger partial charge >= 0.3 is 0 Å². The maximum Gasteiger partial charge on any atom is 0.124 e. The highest BCUT2D eigenvalue weighted by atomic mass is 16.5. The highest BCUT2D eigenvalue weighted by Gasteiger charge is 2.50. The van der Waals surface area contributed by atoms with Gasteiger partial charge in [-0.2, -0.15) is 0 Å². The van der Waals surface area contributed by atoms with Gasteiger partial charge in [0.05, 0.1) is 6.61 Å². The second-order valence-corrected chi connectivity index (χ2v) is 5.47. The van der Waals surface area contributed by atoms with E-state index in [0.717, 1.165) is 24.2 Å². The number of benzene rings is 2. The van der Waals surface area contributed by atoms with Gasteiger partial charge in [-0.25, -0.2) is 0 Å². The lowest BCUT2D eigenvalue weighted by atomic mass is 9.84. The Morgan fingerprint density at radius 3 is 2.35 bits per heavy atom. The number of nitrogens with two attached hydrogens (primary N) is 1. The maximum atomic E-state index is 6.62. The van der Waals surface area contributed by atoms with E-state index in [4.69, 9.17) is 10.5 Å². The Morgan fingerprint density at radius 1 is 1.05 bits per heavy atom. The minimum absolute atomic E-state index is 0.00681. The molecule has 0 aliphatic heterocycles. The fraction of sp³-hybridized carbons (Fsp3) is 0.333. The maximum absolute atomic E-state index is 6.62. The van der Waals surface area contributed by atoms with Crippen LogP contribution in [0, 0.1) is 0 Å². The van der Waals surface area contributed by atoms with Gasteiger partial charge in [-0.05, 0) is 31.4 Å². The third-order valence-electron chi connectivity index (χ3n) is 4.29. The van der Waals surface area contributed by atoms with E-state index >= 15 is 0 Å². The lowest BCUT2D eigenvalue weighted by Gasteiger charge is -2.26. The van der Waals surface area contributed by atoms with Crippen molar-refractivity contribution in [3.63, 3.8) is 0 Å². The number of ether oxygens (including phenoxy) is 1. The van der Waals surface area contributed by atoms with Gasteiger partial charge in [0.1, 0.15) is 5.75 Å². The molecule has 20 heavy (non-hydrogen) atoms. The summed E-state index contributed by atoms with van der Waals surface area (Å²) in [6, 6.07) is 18.8. The molecule has 2 aromatic rings. The molecule has 3 rings (SSSR count). The highest BCUT2D eigenvalue weighted by Crippen LogP contribution is 2.56. The molecular weight excluding hydrogens is 246 g/mol. The Kier molecular flexibility index (Phi) is 3.49. The highest BCUT2D eigenvalue weighted by molar-refractivity contribution is 5.43. The largest absolute Gasteiger partial charge is 0.494 e. The van der Waals surface area contributed by atoms with Crippen molar-refractivity contribution in [2.75, 3.05) is 6.61 Å². The molecule has 0 heterocycles. The van der Waals surface area contributed by atoms with Gasteiger partial charge in [0.2, 0.25) is 0 Å². The van der Waals surface area contributed by atoms with Crippen LogP contribution in [0.1, 0.15) is 36.9 Å². The molecule has 0 amide bonds. The van der Waals surface area contributed by atoms with Crippen LogP contribution in [0.2, 0.25) is 0 Å². The third kappa shape index (κ3) is 2.20. The van der Waals surface area contributed by atoms with E-state index in [9.17, 15) is 0 Å². The normalized spacial score (nSPS) is 17.5. The van der Waals surface area contributed by atoms with Crippen molar-refractivity contribution in [3.8, 4) is 5.75 Å². The van der Waals surface area contributed by atoms with Crippen LogP contribution in [-0.2, 0) is 5.41 Å².